The summed E-state index contributed by atoms with van der Waals surface area (Å²) in [5, 5.41) is 14.9. The van der Waals surface area contributed by atoms with Gasteiger partial charge in [0.15, 0.2) is 5.82 Å². The topological polar surface area (TPSA) is 99.8 Å². The molecule has 3 rings (SSSR count). The highest BCUT2D eigenvalue weighted by Gasteiger charge is 2.18. The molecule has 9 nitrogen and oxygen atoms in total. The largest absolute Gasteiger partial charge is 0.479 e. The number of pyridine rings is 1. The molecule has 130 valence electrons. The van der Waals surface area contributed by atoms with E-state index in [0.717, 1.165) is 0 Å². The highest BCUT2D eigenvalue weighted by Crippen LogP contribution is 2.21. The van der Waals surface area contributed by atoms with Crippen LogP contribution in [0.5, 0.6) is 5.88 Å². The van der Waals surface area contributed by atoms with Gasteiger partial charge in [-0.25, -0.2) is 4.98 Å². The van der Waals surface area contributed by atoms with E-state index in [-0.39, 0.29) is 17.8 Å². The summed E-state index contributed by atoms with van der Waals surface area (Å²) >= 11 is 0. The molecule has 0 fully saturated rings. The third kappa shape index (κ3) is 3.35. The molecule has 3 heterocycles. The van der Waals surface area contributed by atoms with Crippen LogP contribution in [-0.4, -0.2) is 42.5 Å². The Bertz CT molecular complexity index is 898. The Morgan fingerprint density at radius 3 is 2.84 bits per heavy atom. The van der Waals surface area contributed by atoms with Gasteiger partial charge < -0.3 is 14.6 Å². The normalized spacial score (nSPS) is 10.9. The summed E-state index contributed by atoms with van der Waals surface area (Å²) in [7, 11) is 3.19. The zero-order valence-corrected chi connectivity index (χ0v) is 14.5. The van der Waals surface area contributed by atoms with Gasteiger partial charge >= 0.3 is 0 Å². The van der Waals surface area contributed by atoms with Crippen molar-refractivity contribution in [1.82, 2.24) is 29.5 Å². The van der Waals surface area contributed by atoms with E-state index in [9.17, 15) is 4.79 Å². The van der Waals surface area contributed by atoms with Crippen LogP contribution in [0.3, 0.4) is 0 Å². The fraction of sp³-hybridized carbons (Fsp3) is 0.312. The maximum absolute atomic E-state index is 12.5. The summed E-state index contributed by atoms with van der Waals surface area (Å²) in [6, 6.07) is 5.53. The van der Waals surface area contributed by atoms with Crippen molar-refractivity contribution in [2.75, 3.05) is 12.4 Å². The molecule has 0 bridgehead atoms. The first-order chi connectivity index (χ1) is 12.0. The first kappa shape index (κ1) is 16.6. The molecule has 0 atom stereocenters. The van der Waals surface area contributed by atoms with Crippen LogP contribution >= 0.6 is 0 Å². The number of carbonyl (C=O) groups excluding carboxylic acids is 1. The van der Waals surface area contributed by atoms with Crippen LogP contribution in [0, 0.1) is 0 Å². The lowest BCUT2D eigenvalue weighted by Crippen LogP contribution is -2.13. The van der Waals surface area contributed by atoms with Crippen LogP contribution in [0.2, 0.25) is 0 Å². The van der Waals surface area contributed by atoms with Crippen LogP contribution in [0.15, 0.2) is 30.7 Å². The molecule has 3 aromatic heterocycles. The molecular formula is C16H19N7O2. The van der Waals surface area contributed by atoms with Crippen LogP contribution < -0.4 is 10.1 Å². The summed E-state index contributed by atoms with van der Waals surface area (Å²) in [5.41, 5.74) is 0.963. The van der Waals surface area contributed by atoms with E-state index >= 15 is 0 Å². The van der Waals surface area contributed by atoms with E-state index in [0.29, 0.717) is 22.9 Å². The SMILES string of the molecule is COc1nn(C)cc1C(=O)Nc1cccc(-c2nncn2C(C)C)n1. The van der Waals surface area contributed by atoms with Crippen LogP contribution in [0.4, 0.5) is 5.82 Å². The number of aryl methyl sites for hydroxylation is 1. The predicted molar refractivity (Wildman–Crippen MR) is 91.4 cm³/mol. The molecule has 1 amide bonds. The molecule has 1 N–H and O–H groups in total. The lowest BCUT2D eigenvalue weighted by Gasteiger charge is -2.10. The zero-order valence-electron chi connectivity index (χ0n) is 14.5. The maximum atomic E-state index is 12.5. The summed E-state index contributed by atoms with van der Waals surface area (Å²) < 4.78 is 8.55. The molecule has 0 aliphatic rings. The van der Waals surface area contributed by atoms with Crippen molar-refractivity contribution >= 4 is 11.7 Å². The molecule has 0 aliphatic carbocycles. The van der Waals surface area contributed by atoms with Gasteiger partial charge in [-0.1, -0.05) is 6.07 Å². The minimum atomic E-state index is -0.347. The number of amides is 1. The van der Waals surface area contributed by atoms with Crippen molar-refractivity contribution in [2.45, 2.75) is 19.9 Å². The van der Waals surface area contributed by atoms with Gasteiger partial charge in [0.05, 0.1) is 7.11 Å². The number of aromatic nitrogens is 6. The fourth-order valence-corrected chi connectivity index (χ4v) is 2.39. The van der Waals surface area contributed by atoms with Gasteiger partial charge in [-0.05, 0) is 26.0 Å². The minimum absolute atomic E-state index is 0.199. The van der Waals surface area contributed by atoms with Gasteiger partial charge in [0.25, 0.3) is 5.91 Å². The van der Waals surface area contributed by atoms with Crippen LogP contribution in [0.25, 0.3) is 11.5 Å². The summed E-state index contributed by atoms with van der Waals surface area (Å²) in [6.45, 7) is 4.07. The smallest absolute Gasteiger partial charge is 0.263 e. The standard InChI is InChI=1S/C16H19N7O2/c1-10(2)23-9-17-20-14(23)12-6-5-7-13(18-12)19-15(24)11-8-22(3)21-16(11)25-4/h5-10H,1-4H3,(H,18,19,24). The second-order valence-electron chi connectivity index (χ2n) is 5.74. The molecule has 25 heavy (non-hydrogen) atoms. The van der Waals surface area contributed by atoms with Crippen molar-refractivity contribution in [3.05, 3.63) is 36.3 Å². The number of methoxy groups -OCH3 is 1. The van der Waals surface area contributed by atoms with E-state index in [2.05, 4.69) is 25.6 Å². The third-order valence-corrected chi connectivity index (χ3v) is 3.58. The Labute approximate surface area is 144 Å². The van der Waals surface area contributed by atoms with Crippen LogP contribution in [0.1, 0.15) is 30.2 Å². The van der Waals surface area contributed by atoms with Gasteiger partial charge in [-0.2, -0.15) is 0 Å². The number of hydrogen-bond acceptors (Lipinski definition) is 6. The molecule has 0 spiro atoms. The molecule has 3 aromatic rings. The second kappa shape index (κ2) is 6.71. The quantitative estimate of drug-likeness (QED) is 0.761. The third-order valence-electron chi connectivity index (χ3n) is 3.58. The number of ether oxygens (including phenoxy) is 1. The minimum Gasteiger partial charge on any atom is -0.479 e. The Kier molecular flexibility index (Phi) is 4.46. The Balaban J connectivity index is 1.87. The van der Waals surface area contributed by atoms with E-state index in [1.807, 2.05) is 24.5 Å². The van der Waals surface area contributed by atoms with Crippen molar-refractivity contribution in [2.24, 2.45) is 7.05 Å². The number of nitrogens with one attached hydrogen (secondary N) is 1. The van der Waals surface area contributed by atoms with E-state index in [1.165, 1.54) is 11.8 Å². The van der Waals surface area contributed by atoms with Crippen LogP contribution in [-0.2, 0) is 7.05 Å². The molecule has 9 heteroatoms. The molecule has 0 aromatic carbocycles. The van der Waals surface area contributed by atoms with E-state index in [4.69, 9.17) is 4.74 Å². The van der Waals surface area contributed by atoms with Gasteiger partial charge in [0.2, 0.25) is 5.88 Å². The summed E-state index contributed by atoms with van der Waals surface area (Å²) in [5.74, 6) is 0.965. The lowest BCUT2D eigenvalue weighted by atomic mass is 10.3. The van der Waals surface area contributed by atoms with Crippen molar-refractivity contribution < 1.29 is 9.53 Å². The molecule has 0 radical (unpaired) electrons. The number of nitrogens with zero attached hydrogens (tertiary/aromatic N) is 6. The van der Waals surface area contributed by atoms with E-state index in [1.54, 1.807) is 31.7 Å². The second-order valence-corrected chi connectivity index (χ2v) is 5.74. The lowest BCUT2D eigenvalue weighted by molar-refractivity contribution is 0.102. The van der Waals surface area contributed by atoms with Gasteiger partial charge in [0, 0.05) is 19.3 Å². The first-order valence-corrected chi connectivity index (χ1v) is 7.75. The van der Waals surface area contributed by atoms with Crippen molar-refractivity contribution in [3.63, 3.8) is 0 Å². The fourth-order valence-electron chi connectivity index (χ4n) is 2.39. The Hall–Kier alpha value is -3.23. The first-order valence-electron chi connectivity index (χ1n) is 7.75. The molecule has 0 aliphatic heterocycles. The number of rotatable bonds is 5. The average Bonchev–Trinajstić information content (AvgIpc) is 3.21. The Morgan fingerprint density at radius 2 is 2.12 bits per heavy atom. The Morgan fingerprint density at radius 1 is 1.32 bits per heavy atom. The molecular weight excluding hydrogens is 322 g/mol. The summed E-state index contributed by atoms with van der Waals surface area (Å²) in [6.07, 6.45) is 3.25. The van der Waals surface area contributed by atoms with Gasteiger partial charge in [0.1, 0.15) is 23.4 Å². The molecule has 0 saturated carbocycles. The number of carbonyl (C=O) groups is 1. The average molecular weight is 341 g/mol. The maximum Gasteiger partial charge on any atom is 0.263 e. The summed E-state index contributed by atoms with van der Waals surface area (Å²) in [4.78, 5) is 16.9. The van der Waals surface area contributed by atoms with Gasteiger partial charge in [-0.3, -0.25) is 9.48 Å². The highest BCUT2D eigenvalue weighted by atomic mass is 16.5. The number of hydrogen-bond donors (Lipinski definition) is 1. The van der Waals surface area contributed by atoms with Gasteiger partial charge in [-0.15, -0.1) is 15.3 Å². The molecule has 0 saturated heterocycles. The van der Waals surface area contributed by atoms with E-state index < -0.39 is 0 Å². The zero-order chi connectivity index (χ0) is 18.0. The highest BCUT2D eigenvalue weighted by molar-refractivity contribution is 6.05. The monoisotopic (exact) mass is 341 g/mol. The van der Waals surface area contributed by atoms with Crippen molar-refractivity contribution in [1.29, 1.82) is 0 Å². The van der Waals surface area contributed by atoms with Crippen molar-refractivity contribution in [3.8, 4) is 17.4 Å². The molecule has 0 unspecified atom stereocenters. The number of anilines is 1. The predicted octanol–water partition coefficient (Wildman–Crippen LogP) is 1.92.